The van der Waals surface area contributed by atoms with E-state index in [0.717, 1.165) is 0 Å². The van der Waals surface area contributed by atoms with Gasteiger partial charge in [0.05, 0.1) is 6.61 Å². The Morgan fingerprint density at radius 3 is 2.85 bits per heavy atom. The van der Waals surface area contributed by atoms with Crippen LogP contribution >= 0.6 is 10.7 Å². The summed E-state index contributed by atoms with van der Waals surface area (Å²) in [5.74, 6) is 0.181. The summed E-state index contributed by atoms with van der Waals surface area (Å²) in [5.41, 5.74) is 0. The molecule has 0 saturated carbocycles. The Kier molecular flexibility index (Phi) is 3.11. The SMILES string of the molecule is CCOc1cccnc1S(=O)(=O)Cl. The first-order valence-electron chi connectivity index (χ1n) is 3.58. The van der Waals surface area contributed by atoms with Crippen molar-refractivity contribution in [3.63, 3.8) is 0 Å². The van der Waals surface area contributed by atoms with E-state index in [1.54, 1.807) is 13.0 Å². The Hall–Kier alpha value is -0.810. The highest BCUT2D eigenvalue weighted by molar-refractivity contribution is 8.13. The summed E-state index contributed by atoms with van der Waals surface area (Å²) in [5, 5.41) is -0.237. The van der Waals surface area contributed by atoms with Crippen molar-refractivity contribution in [1.82, 2.24) is 4.98 Å². The van der Waals surface area contributed by atoms with Crippen LogP contribution in [0.15, 0.2) is 23.4 Å². The van der Waals surface area contributed by atoms with Gasteiger partial charge in [0.15, 0.2) is 5.75 Å². The van der Waals surface area contributed by atoms with Crippen molar-refractivity contribution < 1.29 is 13.2 Å². The van der Waals surface area contributed by atoms with Crippen molar-refractivity contribution in [2.24, 2.45) is 0 Å². The molecule has 0 aliphatic heterocycles. The fraction of sp³-hybridized carbons (Fsp3) is 0.286. The normalized spacial score (nSPS) is 11.2. The molecule has 0 bridgehead atoms. The smallest absolute Gasteiger partial charge is 0.282 e. The molecule has 0 amide bonds. The van der Waals surface area contributed by atoms with Crippen LogP contribution in [0, 0.1) is 0 Å². The van der Waals surface area contributed by atoms with Crippen molar-refractivity contribution in [2.75, 3.05) is 6.61 Å². The number of pyridine rings is 1. The van der Waals surface area contributed by atoms with Crippen molar-refractivity contribution in [3.05, 3.63) is 18.3 Å². The molecule has 0 spiro atoms. The van der Waals surface area contributed by atoms with Crippen molar-refractivity contribution >= 4 is 19.7 Å². The number of hydrogen-bond donors (Lipinski definition) is 0. The Labute approximate surface area is 80.9 Å². The summed E-state index contributed by atoms with van der Waals surface area (Å²) in [6.45, 7) is 2.11. The van der Waals surface area contributed by atoms with Crippen molar-refractivity contribution in [2.45, 2.75) is 11.9 Å². The molecule has 1 aromatic heterocycles. The van der Waals surface area contributed by atoms with Gasteiger partial charge < -0.3 is 4.74 Å². The van der Waals surface area contributed by atoms with Crippen LogP contribution in [0.1, 0.15) is 6.92 Å². The van der Waals surface area contributed by atoms with E-state index in [0.29, 0.717) is 6.61 Å². The fourth-order valence-electron chi connectivity index (χ4n) is 0.825. The van der Waals surface area contributed by atoms with Gasteiger partial charge in [0.25, 0.3) is 9.05 Å². The van der Waals surface area contributed by atoms with Gasteiger partial charge in [-0.25, -0.2) is 13.4 Å². The molecule has 0 aliphatic rings. The van der Waals surface area contributed by atoms with Gasteiger partial charge in [0, 0.05) is 16.9 Å². The van der Waals surface area contributed by atoms with E-state index in [4.69, 9.17) is 15.4 Å². The van der Waals surface area contributed by atoms with E-state index >= 15 is 0 Å². The lowest BCUT2D eigenvalue weighted by Gasteiger charge is -2.04. The topological polar surface area (TPSA) is 56.3 Å². The Bertz CT molecular complexity index is 390. The van der Waals surface area contributed by atoms with Crippen molar-refractivity contribution in [1.29, 1.82) is 0 Å². The summed E-state index contributed by atoms with van der Waals surface area (Å²) in [6.07, 6.45) is 1.35. The molecule has 72 valence electrons. The molecule has 1 heterocycles. The first kappa shape index (κ1) is 10.3. The third-order valence-corrected chi connectivity index (χ3v) is 2.47. The van der Waals surface area contributed by atoms with E-state index in [1.807, 2.05) is 0 Å². The molecule has 1 aromatic rings. The average molecular weight is 222 g/mol. The second kappa shape index (κ2) is 3.93. The zero-order valence-electron chi connectivity index (χ0n) is 6.90. The summed E-state index contributed by atoms with van der Waals surface area (Å²) in [6, 6.07) is 3.09. The molecule has 6 heteroatoms. The van der Waals surface area contributed by atoms with Crippen molar-refractivity contribution in [3.8, 4) is 5.75 Å². The van der Waals surface area contributed by atoms with E-state index in [-0.39, 0.29) is 10.8 Å². The maximum atomic E-state index is 11.0. The molecule has 1 rings (SSSR count). The van der Waals surface area contributed by atoms with Gasteiger partial charge >= 0.3 is 0 Å². The quantitative estimate of drug-likeness (QED) is 0.725. The number of hydrogen-bond acceptors (Lipinski definition) is 4. The first-order valence-corrected chi connectivity index (χ1v) is 5.89. The second-order valence-corrected chi connectivity index (χ2v) is 4.66. The van der Waals surface area contributed by atoms with Crippen LogP contribution in [0.3, 0.4) is 0 Å². The second-order valence-electron chi connectivity index (χ2n) is 2.18. The maximum absolute atomic E-state index is 11.0. The summed E-state index contributed by atoms with van der Waals surface area (Å²) in [4.78, 5) is 3.62. The lowest BCUT2D eigenvalue weighted by Crippen LogP contribution is -2.01. The van der Waals surface area contributed by atoms with Gasteiger partial charge in [0.2, 0.25) is 5.03 Å². The largest absolute Gasteiger partial charge is 0.491 e. The van der Waals surface area contributed by atoms with E-state index < -0.39 is 9.05 Å². The summed E-state index contributed by atoms with van der Waals surface area (Å²) in [7, 11) is 1.31. The standard InChI is InChI=1S/C7H8ClNO3S/c1-2-12-6-4-3-5-9-7(6)13(8,10)11/h3-5H,2H2,1H3. The van der Waals surface area contributed by atoms with Gasteiger partial charge in [-0.3, -0.25) is 0 Å². The molecule has 0 unspecified atom stereocenters. The van der Waals surface area contributed by atoms with E-state index in [9.17, 15) is 8.42 Å². The molecule has 0 atom stereocenters. The molecular weight excluding hydrogens is 214 g/mol. The van der Waals surface area contributed by atoms with Gasteiger partial charge in [-0.15, -0.1) is 0 Å². The molecular formula is C7H8ClNO3S. The van der Waals surface area contributed by atoms with Crippen LogP contribution in [0.25, 0.3) is 0 Å². The zero-order chi connectivity index (χ0) is 9.90. The third-order valence-electron chi connectivity index (χ3n) is 1.27. The highest BCUT2D eigenvalue weighted by Gasteiger charge is 2.17. The molecule has 0 aromatic carbocycles. The molecule has 0 saturated heterocycles. The molecule has 0 N–H and O–H groups in total. The summed E-state index contributed by atoms with van der Waals surface area (Å²) < 4.78 is 26.9. The predicted octanol–water partition coefficient (Wildman–Crippen LogP) is 1.41. The van der Waals surface area contributed by atoms with Crippen LogP contribution in [-0.2, 0) is 9.05 Å². The van der Waals surface area contributed by atoms with Crippen LogP contribution < -0.4 is 4.74 Å². The maximum Gasteiger partial charge on any atom is 0.282 e. The Balaban J connectivity index is 3.20. The lowest BCUT2D eigenvalue weighted by atomic mass is 10.5. The molecule has 4 nitrogen and oxygen atoms in total. The molecule has 13 heavy (non-hydrogen) atoms. The lowest BCUT2D eigenvalue weighted by molar-refractivity contribution is 0.328. The van der Waals surface area contributed by atoms with Gasteiger partial charge in [0.1, 0.15) is 0 Å². The van der Waals surface area contributed by atoms with E-state index in [1.165, 1.54) is 12.3 Å². The molecule has 0 aliphatic carbocycles. The Morgan fingerprint density at radius 1 is 1.62 bits per heavy atom. The highest BCUT2D eigenvalue weighted by atomic mass is 35.7. The third kappa shape index (κ3) is 2.57. The van der Waals surface area contributed by atoms with Crippen LogP contribution in [-0.4, -0.2) is 20.0 Å². The monoisotopic (exact) mass is 221 g/mol. The Morgan fingerprint density at radius 2 is 2.31 bits per heavy atom. The number of halogens is 1. The fourth-order valence-corrected chi connectivity index (χ4v) is 1.73. The molecule has 0 fully saturated rings. The van der Waals surface area contributed by atoms with Gasteiger partial charge in [-0.05, 0) is 19.1 Å². The van der Waals surface area contributed by atoms with Crippen LogP contribution in [0.2, 0.25) is 0 Å². The highest BCUT2D eigenvalue weighted by Crippen LogP contribution is 2.23. The van der Waals surface area contributed by atoms with Gasteiger partial charge in [-0.2, -0.15) is 0 Å². The van der Waals surface area contributed by atoms with E-state index in [2.05, 4.69) is 4.98 Å². The first-order chi connectivity index (χ1) is 6.05. The number of aromatic nitrogens is 1. The average Bonchev–Trinajstić information content (AvgIpc) is 2.04. The number of nitrogens with zero attached hydrogens (tertiary/aromatic N) is 1. The van der Waals surface area contributed by atoms with Crippen LogP contribution in [0.4, 0.5) is 0 Å². The number of ether oxygens (including phenoxy) is 1. The van der Waals surface area contributed by atoms with Gasteiger partial charge in [-0.1, -0.05) is 0 Å². The minimum atomic E-state index is -3.82. The summed E-state index contributed by atoms with van der Waals surface area (Å²) >= 11 is 0. The predicted molar refractivity (Wildman–Crippen MR) is 48.4 cm³/mol. The number of rotatable bonds is 3. The minimum absolute atomic E-state index is 0.181. The molecule has 0 radical (unpaired) electrons. The zero-order valence-corrected chi connectivity index (χ0v) is 8.47. The minimum Gasteiger partial charge on any atom is -0.491 e. The van der Waals surface area contributed by atoms with Crippen LogP contribution in [0.5, 0.6) is 5.75 Å².